The normalized spacial score (nSPS) is 12.0. The van der Waals surface area contributed by atoms with Crippen molar-refractivity contribution in [2.75, 3.05) is 0 Å². The fourth-order valence-electron chi connectivity index (χ4n) is 2.27. The van der Waals surface area contributed by atoms with Gasteiger partial charge in [-0.3, -0.25) is 13.9 Å². The summed E-state index contributed by atoms with van der Waals surface area (Å²) in [6.45, 7) is 0. The van der Waals surface area contributed by atoms with E-state index < -0.39 is 63.0 Å². The van der Waals surface area contributed by atoms with Gasteiger partial charge in [0.15, 0.2) is 5.78 Å². The molecule has 0 aromatic heterocycles. The van der Waals surface area contributed by atoms with E-state index in [0.717, 1.165) is 0 Å². The van der Waals surface area contributed by atoms with E-state index in [9.17, 15) is 40.6 Å². The number of carbonyl (C=O) groups is 2. The third-order valence-corrected chi connectivity index (χ3v) is 6.23. The average Bonchev–Trinajstić information content (AvgIpc) is 2.54. The summed E-state index contributed by atoms with van der Waals surface area (Å²) >= 11 is 11.4. The molecule has 0 radical (unpaired) electrons. The largest absolute Gasteiger partial charge is 0.478 e. The summed E-state index contributed by atoms with van der Waals surface area (Å²) in [6.07, 6.45) is 0. The van der Waals surface area contributed by atoms with Gasteiger partial charge in [0, 0.05) is 5.56 Å². The highest BCUT2D eigenvalue weighted by Crippen LogP contribution is 2.41. The molecule has 0 bridgehead atoms. The Balaban J connectivity index is 3.21. The van der Waals surface area contributed by atoms with Crippen LogP contribution in [0.5, 0.6) is 0 Å². The molecule has 0 spiro atoms. The first kappa shape index (κ1) is 21.3. The highest BCUT2D eigenvalue weighted by atomic mass is 35.5. The Hall–Kier alpha value is -2.02. The fourth-order valence-corrected chi connectivity index (χ4v) is 5.22. The number of benzene rings is 2. The summed E-state index contributed by atoms with van der Waals surface area (Å²) < 4.78 is 65.8. The van der Waals surface area contributed by atoms with Gasteiger partial charge in [0.05, 0.1) is 21.2 Å². The van der Waals surface area contributed by atoms with Crippen LogP contribution in [-0.2, 0) is 20.2 Å². The van der Waals surface area contributed by atoms with E-state index in [1.807, 2.05) is 0 Å². The predicted octanol–water partition coefficient (Wildman–Crippen LogP) is 2.42. The third kappa shape index (κ3) is 3.98. The topological polar surface area (TPSA) is 163 Å². The van der Waals surface area contributed by atoms with Crippen molar-refractivity contribution in [3.63, 3.8) is 0 Å². The van der Waals surface area contributed by atoms with E-state index in [4.69, 9.17) is 23.2 Å². The lowest BCUT2D eigenvalue weighted by Gasteiger charge is -2.16. The standard InChI is InChI=1S/C14H8Cl2O9S2/c15-9-7(14(18)19)8(11(17)6-4-2-1-3-5-6)12(26(20,21)22)13(10(9)16)27(23,24)25/h1-5H,(H,18,19)(H,20,21,22)(H,23,24,25). The molecule has 13 heteroatoms. The SMILES string of the molecule is O=C(O)c1c(Cl)c(Cl)c(S(=O)(=O)O)c(S(=O)(=O)O)c1C(=O)c1ccccc1. The molecule has 0 aliphatic rings. The van der Waals surface area contributed by atoms with Gasteiger partial charge in [-0.2, -0.15) is 16.8 Å². The minimum absolute atomic E-state index is 0.246. The van der Waals surface area contributed by atoms with Crippen molar-refractivity contribution in [2.45, 2.75) is 9.79 Å². The Morgan fingerprint density at radius 2 is 1.26 bits per heavy atom. The number of carbonyl (C=O) groups excluding carboxylic acids is 1. The van der Waals surface area contributed by atoms with Crippen molar-refractivity contribution >= 4 is 55.2 Å². The van der Waals surface area contributed by atoms with E-state index in [0.29, 0.717) is 0 Å². The van der Waals surface area contributed by atoms with Crippen molar-refractivity contribution in [1.29, 1.82) is 0 Å². The molecule has 0 aliphatic carbocycles. The second-order valence-electron chi connectivity index (χ2n) is 4.99. The van der Waals surface area contributed by atoms with Gasteiger partial charge < -0.3 is 5.11 Å². The van der Waals surface area contributed by atoms with E-state index >= 15 is 0 Å². The summed E-state index contributed by atoms with van der Waals surface area (Å²) in [5, 5.41) is 7.17. The zero-order chi connectivity index (χ0) is 20.7. The molecule has 2 rings (SSSR count). The molecule has 0 fully saturated rings. The molecule has 2 aromatic carbocycles. The van der Waals surface area contributed by atoms with Gasteiger partial charge in [-0.25, -0.2) is 4.79 Å². The van der Waals surface area contributed by atoms with Crippen LogP contribution in [0.3, 0.4) is 0 Å². The quantitative estimate of drug-likeness (QED) is 0.454. The maximum Gasteiger partial charge on any atom is 0.338 e. The second kappa shape index (κ2) is 7.19. The molecule has 27 heavy (non-hydrogen) atoms. The minimum atomic E-state index is -5.56. The van der Waals surface area contributed by atoms with Gasteiger partial charge in [-0.05, 0) is 0 Å². The van der Waals surface area contributed by atoms with Crippen LogP contribution in [0.1, 0.15) is 26.3 Å². The molecule has 3 N–H and O–H groups in total. The number of rotatable bonds is 5. The first-order chi connectivity index (χ1) is 12.3. The smallest absolute Gasteiger partial charge is 0.338 e. The van der Waals surface area contributed by atoms with E-state index in [1.54, 1.807) is 0 Å². The fraction of sp³-hybridized carbons (Fsp3) is 0. The molecule has 0 saturated heterocycles. The van der Waals surface area contributed by atoms with Crippen molar-refractivity contribution in [3.05, 3.63) is 57.1 Å². The van der Waals surface area contributed by atoms with Crippen LogP contribution in [-0.4, -0.2) is 42.8 Å². The summed E-state index contributed by atoms with van der Waals surface area (Å²) in [6, 6.07) is 6.58. The molecule has 0 saturated carbocycles. The summed E-state index contributed by atoms with van der Waals surface area (Å²) in [7, 11) is -11.0. The number of carboxylic acid groups (broad SMARTS) is 1. The number of halogens is 2. The zero-order valence-electron chi connectivity index (χ0n) is 12.8. The highest BCUT2D eigenvalue weighted by molar-refractivity contribution is 7.89. The zero-order valence-corrected chi connectivity index (χ0v) is 15.9. The maximum atomic E-state index is 12.8. The van der Waals surface area contributed by atoms with Crippen LogP contribution < -0.4 is 0 Å². The average molecular weight is 455 g/mol. The van der Waals surface area contributed by atoms with E-state index in [2.05, 4.69) is 0 Å². The first-order valence-electron chi connectivity index (χ1n) is 6.61. The predicted molar refractivity (Wildman–Crippen MR) is 92.9 cm³/mol. The molecule has 9 nitrogen and oxygen atoms in total. The Labute approximate surface area is 162 Å². The number of hydrogen-bond donors (Lipinski definition) is 3. The first-order valence-corrected chi connectivity index (χ1v) is 10.2. The van der Waals surface area contributed by atoms with Crippen LogP contribution in [0.25, 0.3) is 0 Å². The van der Waals surface area contributed by atoms with Crippen LogP contribution in [0.15, 0.2) is 40.1 Å². The van der Waals surface area contributed by atoms with Crippen LogP contribution in [0, 0.1) is 0 Å². The molecule has 0 aliphatic heterocycles. The summed E-state index contributed by atoms with van der Waals surface area (Å²) in [4.78, 5) is 21.1. The van der Waals surface area contributed by atoms with Crippen LogP contribution >= 0.6 is 23.2 Å². The molecule has 0 heterocycles. The van der Waals surface area contributed by atoms with Crippen LogP contribution in [0.4, 0.5) is 0 Å². The second-order valence-corrected chi connectivity index (χ2v) is 8.46. The van der Waals surface area contributed by atoms with Gasteiger partial charge in [0.2, 0.25) is 0 Å². The molecular weight excluding hydrogens is 447 g/mol. The Kier molecular flexibility index (Phi) is 5.66. The molecule has 0 unspecified atom stereocenters. The van der Waals surface area contributed by atoms with E-state index in [-0.39, 0.29) is 5.56 Å². The number of ketones is 1. The Morgan fingerprint density at radius 3 is 1.67 bits per heavy atom. The van der Waals surface area contributed by atoms with Gasteiger partial charge in [-0.15, -0.1) is 0 Å². The third-order valence-electron chi connectivity index (χ3n) is 3.29. The number of aromatic carboxylic acids is 1. The van der Waals surface area contributed by atoms with Gasteiger partial charge in [-0.1, -0.05) is 53.5 Å². The van der Waals surface area contributed by atoms with Crippen molar-refractivity contribution < 1.29 is 40.6 Å². The van der Waals surface area contributed by atoms with Gasteiger partial charge in [0.25, 0.3) is 20.2 Å². The highest BCUT2D eigenvalue weighted by Gasteiger charge is 2.39. The number of hydrogen-bond acceptors (Lipinski definition) is 6. The number of carboxylic acids is 1. The molecule has 2 aromatic rings. The molecule has 144 valence electrons. The maximum absolute atomic E-state index is 12.8. The Morgan fingerprint density at radius 1 is 0.778 bits per heavy atom. The van der Waals surface area contributed by atoms with Crippen molar-refractivity contribution in [3.8, 4) is 0 Å². The molecule has 0 atom stereocenters. The van der Waals surface area contributed by atoms with E-state index in [1.165, 1.54) is 30.3 Å². The molecule has 0 amide bonds. The van der Waals surface area contributed by atoms with Gasteiger partial charge >= 0.3 is 5.97 Å². The minimum Gasteiger partial charge on any atom is -0.478 e. The monoisotopic (exact) mass is 454 g/mol. The summed E-state index contributed by atoms with van der Waals surface area (Å²) in [5.74, 6) is -3.21. The molecular formula is C14H8Cl2O9S2. The van der Waals surface area contributed by atoms with Crippen molar-refractivity contribution in [2.24, 2.45) is 0 Å². The van der Waals surface area contributed by atoms with Crippen molar-refractivity contribution in [1.82, 2.24) is 0 Å². The lowest BCUT2D eigenvalue weighted by Crippen LogP contribution is -2.21. The lowest BCUT2D eigenvalue weighted by molar-refractivity contribution is 0.0692. The van der Waals surface area contributed by atoms with Crippen LogP contribution in [0.2, 0.25) is 10.0 Å². The van der Waals surface area contributed by atoms with Gasteiger partial charge in [0.1, 0.15) is 9.79 Å². The Bertz CT molecular complexity index is 1170. The lowest BCUT2D eigenvalue weighted by atomic mass is 9.98. The summed E-state index contributed by atoms with van der Waals surface area (Å²) in [5.41, 5.74) is -2.67.